The van der Waals surface area contributed by atoms with Gasteiger partial charge in [0.15, 0.2) is 0 Å². The lowest BCUT2D eigenvalue weighted by atomic mass is 9.88. The summed E-state index contributed by atoms with van der Waals surface area (Å²) in [6.45, 7) is 0.884. The molecule has 3 atom stereocenters. The second-order valence-corrected chi connectivity index (χ2v) is 14.6. The van der Waals surface area contributed by atoms with Crippen molar-refractivity contribution in [3.63, 3.8) is 0 Å². The number of hydrogen-bond acceptors (Lipinski definition) is 8. The summed E-state index contributed by atoms with van der Waals surface area (Å²) in [5, 5.41) is 3.35. The van der Waals surface area contributed by atoms with Gasteiger partial charge in [0.2, 0.25) is 0 Å². The predicted molar refractivity (Wildman–Crippen MR) is 133 cm³/mol. The normalized spacial score (nSPS) is 22.2. The van der Waals surface area contributed by atoms with E-state index < -0.39 is 17.6 Å². The molecule has 33 heavy (non-hydrogen) atoms. The molecule has 1 heterocycles. The summed E-state index contributed by atoms with van der Waals surface area (Å²) in [5.74, 6) is 0.760. The third kappa shape index (κ3) is 9.04. The molecule has 2 aliphatic rings. The largest absolute Gasteiger partial charge is 0.500 e. The molecule has 1 aliphatic carbocycles. The number of ether oxygens (including phenoxy) is 1. The number of epoxide rings is 1. The zero-order chi connectivity index (χ0) is 24.2. The van der Waals surface area contributed by atoms with Crippen LogP contribution in [0.3, 0.4) is 0 Å². The van der Waals surface area contributed by atoms with Gasteiger partial charge in [0.25, 0.3) is 0 Å². The van der Waals surface area contributed by atoms with Gasteiger partial charge in [-0.05, 0) is 50.2 Å². The number of benzene rings is 1. The van der Waals surface area contributed by atoms with Gasteiger partial charge in [-0.2, -0.15) is 0 Å². The first-order valence-electron chi connectivity index (χ1n) is 11.7. The molecule has 0 spiro atoms. The Balaban J connectivity index is 0.000000234. The Hall–Kier alpha value is -0.826. The number of anilines is 1. The summed E-state index contributed by atoms with van der Waals surface area (Å²) in [7, 11) is 5.22. The minimum Gasteiger partial charge on any atom is -0.385 e. The maximum atomic E-state index is 5.54. The van der Waals surface area contributed by atoms with Gasteiger partial charge in [-0.15, -0.1) is 0 Å². The Morgan fingerprint density at radius 2 is 1.36 bits per heavy atom. The van der Waals surface area contributed by atoms with E-state index in [2.05, 4.69) is 5.32 Å². The van der Waals surface area contributed by atoms with E-state index in [1.54, 1.807) is 42.7 Å². The molecule has 8 nitrogen and oxygen atoms in total. The van der Waals surface area contributed by atoms with Crippen molar-refractivity contribution < 1.29 is 31.3 Å². The monoisotopic (exact) mass is 501 g/mol. The van der Waals surface area contributed by atoms with Gasteiger partial charge in [0, 0.05) is 67.0 Å². The van der Waals surface area contributed by atoms with Crippen molar-refractivity contribution in [3.05, 3.63) is 30.3 Å². The average Bonchev–Trinajstić information content (AvgIpc) is 3.66. The lowest BCUT2D eigenvalue weighted by Gasteiger charge is -2.27. The van der Waals surface area contributed by atoms with Crippen LogP contribution in [0.25, 0.3) is 0 Å². The number of para-hydroxylation sites is 1. The van der Waals surface area contributed by atoms with Crippen molar-refractivity contribution in [2.24, 2.45) is 5.92 Å². The van der Waals surface area contributed by atoms with Crippen LogP contribution < -0.4 is 5.32 Å². The Kier molecular flexibility index (Phi) is 12.5. The highest BCUT2D eigenvalue weighted by atomic mass is 28.4. The third-order valence-electron chi connectivity index (χ3n) is 6.60. The first kappa shape index (κ1) is 28.4. The zero-order valence-electron chi connectivity index (χ0n) is 21.1. The molecule has 2 fully saturated rings. The average molecular weight is 502 g/mol. The van der Waals surface area contributed by atoms with E-state index in [9.17, 15) is 0 Å². The van der Waals surface area contributed by atoms with Crippen molar-refractivity contribution in [1.29, 1.82) is 0 Å². The SMILES string of the molecule is CO[Si](CCC1CCC2OC2C1)(OC)OC.CO[Si](CCCNc1ccccc1)(OC)OC. The molecule has 3 rings (SSSR count). The summed E-state index contributed by atoms with van der Waals surface area (Å²) >= 11 is 0. The summed E-state index contributed by atoms with van der Waals surface area (Å²) in [6.07, 6.45) is 6.96. The molecule has 1 aromatic carbocycles. The highest BCUT2D eigenvalue weighted by Crippen LogP contribution is 2.41. The van der Waals surface area contributed by atoms with Crippen molar-refractivity contribution in [2.75, 3.05) is 54.5 Å². The summed E-state index contributed by atoms with van der Waals surface area (Å²) in [6, 6.07) is 11.9. The fraction of sp³-hybridized carbons (Fsp3) is 0.739. The lowest BCUT2D eigenvalue weighted by Crippen LogP contribution is -2.43. The van der Waals surface area contributed by atoms with E-state index in [0.29, 0.717) is 12.2 Å². The Morgan fingerprint density at radius 3 is 1.91 bits per heavy atom. The minimum atomic E-state index is -2.40. The van der Waals surface area contributed by atoms with Gasteiger partial charge < -0.3 is 36.6 Å². The Morgan fingerprint density at radius 1 is 0.788 bits per heavy atom. The number of rotatable bonds is 14. The molecule has 0 bridgehead atoms. The Bertz CT molecular complexity index is 630. The molecule has 1 saturated heterocycles. The highest BCUT2D eigenvalue weighted by Gasteiger charge is 2.45. The molecule has 1 saturated carbocycles. The van der Waals surface area contributed by atoms with E-state index in [1.807, 2.05) is 30.3 Å². The van der Waals surface area contributed by atoms with E-state index in [-0.39, 0.29) is 0 Å². The minimum absolute atomic E-state index is 0.558. The topological polar surface area (TPSA) is 79.9 Å². The molecule has 1 N–H and O–H groups in total. The maximum Gasteiger partial charge on any atom is 0.500 e. The van der Waals surface area contributed by atoms with Crippen LogP contribution in [0.2, 0.25) is 12.1 Å². The smallest absolute Gasteiger partial charge is 0.385 e. The first-order chi connectivity index (χ1) is 16.0. The molecule has 0 amide bonds. The van der Waals surface area contributed by atoms with Crippen LogP contribution in [0.1, 0.15) is 32.1 Å². The first-order valence-corrected chi connectivity index (χ1v) is 15.6. The van der Waals surface area contributed by atoms with Gasteiger partial charge in [0.1, 0.15) is 0 Å². The van der Waals surface area contributed by atoms with Crippen LogP contribution >= 0.6 is 0 Å². The number of nitrogens with one attached hydrogen (secondary N) is 1. The fourth-order valence-corrected chi connectivity index (χ4v) is 7.93. The van der Waals surface area contributed by atoms with Gasteiger partial charge in [0.05, 0.1) is 12.2 Å². The summed E-state index contributed by atoms with van der Waals surface area (Å²) < 4.78 is 37.9. The van der Waals surface area contributed by atoms with E-state index >= 15 is 0 Å². The van der Waals surface area contributed by atoms with Gasteiger partial charge >= 0.3 is 17.6 Å². The predicted octanol–water partition coefficient (Wildman–Crippen LogP) is 4.19. The quantitative estimate of drug-likeness (QED) is 0.231. The van der Waals surface area contributed by atoms with Crippen molar-refractivity contribution in [3.8, 4) is 0 Å². The molecule has 1 aliphatic heterocycles. The third-order valence-corrected chi connectivity index (χ3v) is 12.2. The van der Waals surface area contributed by atoms with E-state index in [1.165, 1.54) is 19.3 Å². The standard InChI is InChI=1S/C12H21NO3Si.C11H22O4Si/c1-14-17(15-2,16-3)11-7-10-13-12-8-5-4-6-9-12;1-12-16(13-2,14-3)7-6-9-4-5-10-11(8-9)15-10/h4-6,8-9,13H,7,10-11H2,1-3H3;9-11H,4-8H2,1-3H3. The van der Waals surface area contributed by atoms with E-state index in [0.717, 1.165) is 43.1 Å². The molecule has 0 radical (unpaired) electrons. The number of fused-ring (bicyclic) bond motifs is 1. The van der Waals surface area contributed by atoms with Crippen molar-refractivity contribution in [1.82, 2.24) is 0 Å². The lowest BCUT2D eigenvalue weighted by molar-refractivity contribution is 0.120. The second kappa shape index (κ2) is 14.5. The molecule has 3 unspecified atom stereocenters. The summed E-state index contributed by atoms with van der Waals surface area (Å²) in [4.78, 5) is 0. The van der Waals surface area contributed by atoms with Crippen LogP contribution in [-0.4, -0.2) is 79.0 Å². The van der Waals surface area contributed by atoms with Gasteiger partial charge in [-0.25, -0.2) is 0 Å². The molecule has 190 valence electrons. The van der Waals surface area contributed by atoms with Crippen LogP contribution in [-0.2, 0) is 31.3 Å². The summed E-state index contributed by atoms with van der Waals surface area (Å²) in [5.41, 5.74) is 1.13. The highest BCUT2D eigenvalue weighted by molar-refractivity contribution is 6.60. The Labute approximate surface area is 201 Å². The van der Waals surface area contributed by atoms with Crippen LogP contribution in [0.4, 0.5) is 5.69 Å². The molecular weight excluding hydrogens is 458 g/mol. The van der Waals surface area contributed by atoms with Crippen LogP contribution in [0.5, 0.6) is 0 Å². The second-order valence-electron chi connectivity index (χ2n) is 8.42. The maximum absolute atomic E-state index is 5.54. The molecule has 0 aromatic heterocycles. The van der Waals surface area contributed by atoms with Crippen LogP contribution in [0.15, 0.2) is 30.3 Å². The van der Waals surface area contributed by atoms with Crippen molar-refractivity contribution >= 4 is 23.3 Å². The zero-order valence-corrected chi connectivity index (χ0v) is 23.1. The van der Waals surface area contributed by atoms with Crippen LogP contribution in [0, 0.1) is 5.92 Å². The van der Waals surface area contributed by atoms with Gasteiger partial charge in [-0.3, -0.25) is 0 Å². The van der Waals surface area contributed by atoms with Crippen molar-refractivity contribution in [2.45, 2.75) is 56.4 Å². The molecule has 10 heteroatoms. The molecule has 1 aromatic rings. The molecular formula is C23H43NO7Si2. The fourth-order valence-electron chi connectivity index (χ4n) is 4.34. The number of hydrogen-bond donors (Lipinski definition) is 1. The van der Waals surface area contributed by atoms with Gasteiger partial charge in [-0.1, -0.05) is 18.2 Å². The van der Waals surface area contributed by atoms with E-state index in [4.69, 9.17) is 31.3 Å².